The fourth-order valence-corrected chi connectivity index (χ4v) is 0.464. The summed E-state index contributed by atoms with van der Waals surface area (Å²) in [6.07, 6.45) is 3.25. The van der Waals surface area contributed by atoms with Gasteiger partial charge in [-0.05, 0) is 0 Å². The van der Waals surface area contributed by atoms with Gasteiger partial charge in [0.15, 0.2) is 5.95 Å². The van der Waals surface area contributed by atoms with Crippen molar-refractivity contribution in [2.75, 3.05) is 5.48 Å². The second-order valence-corrected chi connectivity index (χ2v) is 1.46. The van der Waals surface area contributed by atoms with E-state index in [0.29, 0.717) is 5.95 Å². The molecule has 0 spiro atoms. The van der Waals surface area contributed by atoms with Gasteiger partial charge in [0.2, 0.25) is 0 Å². The Hall–Kier alpha value is -1.03. The Kier molecular flexibility index (Phi) is 1.17. The van der Waals surface area contributed by atoms with Crippen molar-refractivity contribution in [3.8, 4) is 0 Å². The van der Waals surface area contributed by atoms with E-state index in [1.165, 1.54) is 0 Å². The Morgan fingerprint density at radius 1 is 1.88 bits per heavy atom. The standard InChI is InChI=1S/C4H6N3O/c1-7-3-2-5-4(7)6-8/h2-3H,1H3,(H-,5,6,8)/q-1. The number of rotatable bonds is 1. The third-order valence-electron chi connectivity index (χ3n) is 0.912. The number of hydrogen-bond acceptors (Lipinski definition) is 3. The summed E-state index contributed by atoms with van der Waals surface area (Å²) in [5, 5.41) is 9.88. The zero-order chi connectivity index (χ0) is 5.98. The lowest BCUT2D eigenvalue weighted by Gasteiger charge is -2.06. The Morgan fingerprint density at radius 2 is 2.62 bits per heavy atom. The molecule has 0 bridgehead atoms. The average molecular weight is 112 g/mol. The minimum absolute atomic E-state index is 0.338. The number of nitrogens with zero attached hydrogens (tertiary/aromatic N) is 2. The van der Waals surface area contributed by atoms with Gasteiger partial charge in [-0.15, -0.1) is 0 Å². The highest BCUT2D eigenvalue weighted by Crippen LogP contribution is 1.97. The molecule has 44 valence electrons. The summed E-state index contributed by atoms with van der Waals surface area (Å²) >= 11 is 0. The molecule has 1 heterocycles. The summed E-state index contributed by atoms with van der Waals surface area (Å²) in [6.45, 7) is 0. The number of anilines is 1. The third-order valence-corrected chi connectivity index (χ3v) is 0.912. The minimum atomic E-state index is 0.338. The molecule has 0 saturated heterocycles. The molecule has 0 aliphatic rings. The molecule has 1 aromatic rings. The summed E-state index contributed by atoms with van der Waals surface area (Å²) < 4.78 is 1.60. The summed E-state index contributed by atoms with van der Waals surface area (Å²) in [6, 6.07) is 0. The van der Waals surface area contributed by atoms with Crippen LogP contribution in [0.5, 0.6) is 0 Å². The number of aryl methyl sites for hydroxylation is 1. The van der Waals surface area contributed by atoms with E-state index in [2.05, 4.69) is 4.98 Å². The predicted molar refractivity (Wildman–Crippen MR) is 30.2 cm³/mol. The molecule has 0 aliphatic carbocycles. The van der Waals surface area contributed by atoms with Gasteiger partial charge >= 0.3 is 0 Å². The molecule has 0 atom stereocenters. The molecular formula is C4H6N3O-. The summed E-state index contributed by atoms with van der Waals surface area (Å²) in [7, 11) is 1.74. The second-order valence-electron chi connectivity index (χ2n) is 1.46. The van der Waals surface area contributed by atoms with Crippen molar-refractivity contribution in [3.05, 3.63) is 17.6 Å². The van der Waals surface area contributed by atoms with E-state index in [-0.39, 0.29) is 0 Å². The lowest BCUT2D eigenvalue weighted by Crippen LogP contribution is -1.94. The van der Waals surface area contributed by atoms with Crippen LogP contribution in [0.25, 0.3) is 0 Å². The van der Waals surface area contributed by atoms with Crippen LogP contribution < -0.4 is 5.48 Å². The Balaban J connectivity index is 2.92. The third kappa shape index (κ3) is 0.651. The van der Waals surface area contributed by atoms with Crippen LogP contribution >= 0.6 is 0 Å². The normalized spacial score (nSPS) is 9.25. The molecule has 0 saturated carbocycles. The smallest absolute Gasteiger partial charge is 0.191 e. The van der Waals surface area contributed by atoms with E-state index in [0.717, 1.165) is 0 Å². The van der Waals surface area contributed by atoms with Crippen molar-refractivity contribution in [1.82, 2.24) is 9.55 Å². The van der Waals surface area contributed by atoms with Crippen molar-refractivity contribution in [3.63, 3.8) is 0 Å². The van der Waals surface area contributed by atoms with Crippen molar-refractivity contribution >= 4 is 5.95 Å². The van der Waals surface area contributed by atoms with Crippen LogP contribution in [-0.2, 0) is 7.05 Å². The van der Waals surface area contributed by atoms with Crippen molar-refractivity contribution in [2.24, 2.45) is 7.05 Å². The van der Waals surface area contributed by atoms with Gasteiger partial charge < -0.3 is 15.3 Å². The molecule has 1 aromatic heterocycles. The van der Waals surface area contributed by atoms with E-state index < -0.39 is 0 Å². The summed E-state index contributed by atoms with van der Waals surface area (Å²) in [4.78, 5) is 3.67. The molecular weight excluding hydrogens is 106 g/mol. The largest absolute Gasteiger partial charge is 0.759 e. The molecule has 0 aliphatic heterocycles. The maximum Gasteiger partial charge on any atom is 0.191 e. The first-order chi connectivity index (χ1) is 3.84. The molecule has 0 radical (unpaired) electrons. The molecule has 4 heteroatoms. The van der Waals surface area contributed by atoms with Crippen molar-refractivity contribution in [2.45, 2.75) is 0 Å². The van der Waals surface area contributed by atoms with Crippen LogP contribution in [0.3, 0.4) is 0 Å². The number of hydrogen-bond donors (Lipinski definition) is 1. The van der Waals surface area contributed by atoms with Gasteiger partial charge in [0.25, 0.3) is 0 Å². The molecule has 1 N–H and O–H groups in total. The van der Waals surface area contributed by atoms with Gasteiger partial charge in [-0.25, -0.2) is 4.98 Å². The van der Waals surface area contributed by atoms with Crippen LogP contribution in [0.15, 0.2) is 12.4 Å². The average Bonchev–Trinajstić information content (AvgIpc) is 2.14. The quantitative estimate of drug-likeness (QED) is 0.532. The Morgan fingerprint density at radius 3 is 2.88 bits per heavy atom. The van der Waals surface area contributed by atoms with E-state index in [9.17, 15) is 5.21 Å². The number of imidazole rings is 1. The maximum absolute atomic E-state index is 9.88. The van der Waals surface area contributed by atoms with E-state index in [1.54, 1.807) is 29.5 Å². The first kappa shape index (κ1) is 5.11. The summed E-state index contributed by atoms with van der Waals surface area (Å²) in [5.74, 6) is 0.338. The van der Waals surface area contributed by atoms with Crippen LogP contribution in [0.2, 0.25) is 0 Å². The molecule has 0 fully saturated rings. The molecule has 0 unspecified atom stereocenters. The molecule has 1 rings (SSSR count). The highest BCUT2D eigenvalue weighted by Gasteiger charge is 1.86. The first-order valence-corrected chi connectivity index (χ1v) is 2.20. The number of aromatic nitrogens is 2. The topological polar surface area (TPSA) is 52.9 Å². The van der Waals surface area contributed by atoms with Crippen LogP contribution in [0.1, 0.15) is 0 Å². The van der Waals surface area contributed by atoms with E-state index in [4.69, 9.17) is 0 Å². The van der Waals surface area contributed by atoms with Gasteiger partial charge in [0.05, 0.1) is 0 Å². The summed E-state index contributed by atoms with van der Waals surface area (Å²) in [5.41, 5.74) is 1.68. The Labute approximate surface area is 46.7 Å². The first-order valence-electron chi connectivity index (χ1n) is 2.20. The van der Waals surface area contributed by atoms with Crippen LogP contribution in [0.4, 0.5) is 5.95 Å². The van der Waals surface area contributed by atoms with E-state index >= 15 is 0 Å². The van der Waals surface area contributed by atoms with Crippen LogP contribution in [-0.4, -0.2) is 9.55 Å². The van der Waals surface area contributed by atoms with Gasteiger partial charge in [-0.2, -0.15) is 0 Å². The fraction of sp³-hybridized carbons (Fsp3) is 0.250. The second kappa shape index (κ2) is 1.83. The highest BCUT2D eigenvalue weighted by molar-refractivity contribution is 5.25. The van der Waals surface area contributed by atoms with Crippen molar-refractivity contribution < 1.29 is 0 Å². The molecule has 4 nitrogen and oxygen atoms in total. The number of nitrogens with one attached hydrogen (secondary N) is 1. The minimum Gasteiger partial charge on any atom is -0.759 e. The van der Waals surface area contributed by atoms with Gasteiger partial charge in [-0.1, -0.05) is 0 Å². The van der Waals surface area contributed by atoms with Crippen molar-refractivity contribution in [1.29, 1.82) is 0 Å². The van der Waals surface area contributed by atoms with Gasteiger partial charge in [0, 0.05) is 19.4 Å². The zero-order valence-electron chi connectivity index (χ0n) is 4.46. The predicted octanol–water partition coefficient (Wildman–Crippen LogP) is 0.330. The fourth-order valence-electron chi connectivity index (χ4n) is 0.464. The molecule has 0 amide bonds. The lowest BCUT2D eigenvalue weighted by molar-refractivity contribution is 0.924. The maximum atomic E-state index is 9.88. The molecule has 8 heavy (non-hydrogen) atoms. The lowest BCUT2D eigenvalue weighted by atomic mass is 10.9. The zero-order valence-corrected chi connectivity index (χ0v) is 4.46. The van der Waals surface area contributed by atoms with Crippen LogP contribution in [0, 0.1) is 5.21 Å². The SMILES string of the molecule is Cn1ccnc1N[O-]. The monoisotopic (exact) mass is 112 g/mol. The Bertz CT molecular complexity index is 172. The van der Waals surface area contributed by atoms with E-state index in [1.807, 2.05) is 0 Å². The van der Waals surface area contributed by atoms with Gasteiger partial charge in [-0.3, -0.25) is 0 Å². The highest BCUT2D eigenvalue weighted by atomic mass is 16.5. The van der Waals surface area contributed by atoms with Gasteiger partial charge in [0.1, 0.15) is 0 Å². The molecule has 0 aromatic carbocycles.